The summed E-state index contributed by atoms with van der Waals surface area (Å²) in [4.78, 5) is 2.48. The third-order valence-corrected chi connectivity index (χ3v) is 4.63. The van der Waals surface area contributed by atoms with Gasteiger partial charge in [-0.1, -0.05) is 26.2 Å². The summed E-state index contributed by atoms with van der Waals surface area (Å²) in [5, 5.41) is 3.81. The Hall–Kier alpha value is -0.520. The number of hydrogen-bond acceptors (Lipinski definition) is 2. The first-order chi connectivity index (χ1) is 9.17. The van der Waals surface area contributed by atoms with Crippen molar-refractivity contribution in [1.82, 2.24) is 10.2 Å². The van der Waals surface area contributed by atoms with E-state index in [1.165, 1.54) is 44.9 Å². The van der Waals surface area contributed by atoms with Gasteiger partial charge in [0, 0.05) is 18.0 Å². The van der Waals surface area contributed by atoms with E-state index in [2.05, 4.69) is 43.1 Å². The molecular weight excluding hydrogens is 232 g/mol. The Morgan fingerprint density at radius 1 is 1.21 bits per heavy atom. The minimum absolute atomic E-state index is 0.350. The topological polar surface area (TPSA) is 15.3 Å². The van der Waals surface area contributed by atoms with Crippen LogP contribution in [-0.4, -0.2) is 37.1 Å². The van der Waals surface area contributed by atoms with Crippen LogP contribution in [0, 0.1) is 11.8 Å². The maximum atomic E-state index is 3.81. The highest BCUT2D eigenvalue weighted by molar-refractivity contribution is 5.03. The Labute approximate surface area is 120 Å². The van der Waals surface area contributed by atoms with Crippen molar-refractivity contribution in [2.24, 2.45) is 0 Å². The molecule has 1 atom stereocenters. The summed E-state index contributed by atoms with van der Waals surface area (Å²) in [6.07, 6.45) is 10.2. The zero-order chi connectivity index (χ0) is 14.1. The second-order valence-corrected chi connectivity index (χ2v) is 6.03. The van der Waals surface area contributed by atoms with Crippen molar-refractivity contribution in [3.63, 3.8) is 0 Å². The zero-order valence-corrected chi connectivity index (χ0v) is 13.4. The van der Waals surface area contributed by atoms with Crippen molar-refractivity contribution in [3.8, 4) is 11.8 Å². The predicted molar refractivity (Wildman–Crippen MR) is 84.3 cm³/mol. The molecule has 1 N–H and O–H groups in total. The fourth-order valence-electron chi connectivity index (χ4n) is 3.49. The lowest BCUT2D eigenvalue weighted by Gasteiger charge is -2.49. The molecule has 0 aromatic rings. The van der Waals surface area contributed by atoms with E-state index in [1.807, 2.05) is 6.92 Å². The van der Waals surface area contributed by atoms with Gasteiger partial charge in [0.2, 0.25) is 0 Å². The lowest BCUT2D eigenvalue weighted by Crippen LogP contribution is -2.60. The summed E-state index contributed by atoms with van der Waals surface area (Å²) >= 11 is 0. The average Bonchev–Trinajstić information content (AvgIpc) is 2.43. The van der Waals surface area contributed by atoms with E-state index >= 15 is 0 Å². The maximum Gasteiger partial charge on any atom is 0.0356 e. The Balaban J connectivity index is 2.78. The van der Waals surface area contributed by atoms with E-state index in [1.54, 1.807) is 0 Å². The summed E-state index contributed by atoms with van der Waals surface area (Å²) in [7, 11) is 4.52. The van der Waals surface area contributed by atoms with Crippen LogP contribution in [0.5, 0.6) is 0 Å². The molecule has 0 spiro atoms. The highest BCUT2D eigenvalue weighted by Crippen LogP contribution is 2.36. The smallest absolute Gasteiger partial charge is 0.0356 e. The van der Waals surface area contributed by atoms with Crippen LogP contribution in [0.25, 0.3) is 0 Å². The van der Waals surface area contributed by atoms with Gasteiger partial charge in [0.1, 0.15) is 0 Å². The van der Waals surface area contributed by atoms with E-state index < -0.39 is 0 Å². The third-order valence-electron chi connectivity index (χ3n) is 4.63. The Morgan fingerprint density at radius 3 is 2.42 bits per heavy atom. The van der Waals surface area contributed by atoms with Crippen LogP contribution < -0.4 is 5.32 Å². The molecule has 1 fully saturated rings. The Morgan fingerprint density at radius 2 is 1.89 bits per heavy atom. The van der Waals surface area contributed by atoms with E-state index in [-0.39, 0.29) is 0 Å². The molecule has 0 radical (unpaired) electrons. The minimum Gasteiger partial charge on any atom is -0.312 e. The van der Waals surface area contributed by atoms with Crippen molar-refractivity contribution in [2.75, 3.05) is 20.6 Å². The summed E-state index contributed by atoms with van der Waals surface area (Å²) in [5.74, 6) is 6.27. The summed E-state index contributed by atoms with van der Waals surface area (Å²) in [6, 6.07) is 0.587. The van der Waals surface area contributed by atoms with Gasteiger partial charge in [0.05, 0.1) is 0 Å². The summed E-state index contributed by atoms with van der Waals surface area (Å²) < 4.78 is 0. The van der Waals surface area contributed by atoms with Gasteiger partial charge >= 0.3 is 0 Å². The summed E-state index contributed by atoms with van der Waals surface area (Å²) in [6.45, 7) is 5.32. The molecule has 0 aromatic carbocycles. The average molecular weight is 264 g/mol. The monoisotopic (exact) mass is 264 g/mol. The van der Waals surface area contributed by atoms with Crippen LogP contribution in [-0.2, 0) is 0 Å². The first kappa shape index (κ1) is 16.5. The molecule has 2 nitrogen and oxygen atoms in total. The van der Waals surface area contributed by atoms with Gasteiger partial charge in [0.25, 0.3) is 0 Å². The highest BCUT2D eigenvalue weighted by atomic mass is 15.2. The molecule has 2 heteroatoms. The number of likely N-dealkylation sites (N-methyl/N-ethyl adjacent to an activating group) is 1. The molecule has 1 aliphatic carbocycles. The van der Waals surface area contributed by atoms with Gasteiger partial charge in [-0.2, -0.15) is 0 Å². The first-order valence-corrected chi connectivity index (χ1v) is 7.97. The van der Waals surface area contributed by atoms with Crippen molar-refractivity contribution in [3.05, 3.63) is 0 Å². The SMILES string of the molecule is CC#CCCC(NCCC)C1(N(C)C)CCCCC1. The molecule has 1 unspecified atom stereocenters. The normalized spacial score (nSPS) is 19.8. The number of rotatable bonds is 7. The number of nitrogens with one attached hydrogen (secondary N) is 1. The quantitative estimate of drug-likeness (QED) is 0.709. The van der Waals surface area contributed by atoms with Gasteiger partial charge in [-0.25, -0.2) is 0 Å². The number of nitrogens with zero attached hydrogens (tertiary/aromatic N) is 1. The van der Waals surface area contributed by atoms with Gasteiger partial charge < -0.3 is 10.2 Å². The lowest BCUT2D eigenvalue weighted by atomic mass is 9.74. The van der Waals surface area contributed by atoms with Crippen LogP contribution in [0.2, 0.25) is 0 Å². The molecule has 110 valence electrons. The fraction of sp³-hybridized carbons (Fsp3) is 0.882. The minimum atomic E-state index is 0.350. The molecule has 0 amide bonds. The molecule has 0 saturated heterocycles. The second-order valence-electron chi connectivity index (χ2n) is 6.03. The van der Waals surface area contributed by atoms with Crippen molar-refractivity contribution >= 4 is 0 Å². The summed E-state index contributed by atoms with van der Waals surface area (Å²) in [5.41, 5.74) is 0.350. The molecule has 1 rings (SSSR count). The van der Waals surface area contributed by atoms with Crippen molar-refractivity contribution in [2.45, 2.75) is 76.8 Å². The molecule has 0 bridgehead atoms. The van der Waals surface area contributed by atoms with Gasteiger partial charge in [-0.05, 0) is 53.2 Å². The Bertz CT molecular complexity index is 292. The molecule has 0 aromatic heterocycles. The molecular formula is C17H32N2. The lowest BCUT2D eigenvalue weighted by molar-refractivity contribution is 0.0540. The zero-order valence-electron chi connectivity index (χ0n) is 13.4. The van der Waals surface area contributed by atoms with Gasteiger partial charge in [-0.3, -0.25) is 0 Å². The van der Waals surface area contributed by atoms with E-state index in [0.29, 0.717) is 11.6 Å². The van der Waals surface area contributed by atoms with Crippen LogP contribution in [0.4, 0.5) is 0 Å². The standard InChI is InChI=1S/C17H32N2/c1-5-7-9-12-16(18-15-6-2)17(19(3)4)13-10-8-11-14-17/h16,18H,6,8-15H2,1-4H3. The molecule has 19 heavy (non-hydrogen) atoms. The van der Waals surface area contributed by atoms with E-state index in [9.17, 15) is 0 Å². The van der Waals surface area contributed by atoms with E-state index in [4.69, 9.17) is 0 Å². The van der Waals surface area contributed by atoms with Crippen LogP contribution in [0.3, 0.4) is 0 Å². The third kappa shape index (κ3) is 4.51. The largest absolute Gasteiger partial charge is 0.312 e. The molecule has 0 heterocycles. The van der Waals surface area contributed by atoms with Crippen molar-refractivity contribution in [1.29, 1.82) is 0 Å². The maximum absolute atomic E-state index is 3.81. The van der Waals surface area contributed by atoms with Crippen LogP contribution in [0.15, 0.2) is 0 Å². The first-order valence-electron chi connectivity index (χ1n) is 7.97. The van der Waals surface area contributed by atoms with Gasteiger partial charge in [-0.15, -0.1) is 11.8 Å². The van der Waals surface area contributed by atoms with Crippen LogP contribution >= 0.6 is 0 Å². The Kier molecular flexibility index (Phi) is 7.49. The highest BCUT2D eigenvalue weighted by Gasteiger charge is 2.40. The van der Waals surface area contributed by atoms with Gasteiger partial charge in [0.15, 0.2) is 0 Å². The molecule has 1 aliphatic rings. The van der Waals surface area contributed by atoms with Crippen molar-refractivity contribution < 1.29 is 0 Å². The van der Waals surface area contributed by atoms with E-state index in [0.717, 1.165) is 13.0 Å². The molecule has 1 saturated carbocycles. The second kappa shape index (κ2) is 8.61. The fourth-order valence-corrected chi connectivity index (χ4v) is 3.49. The molecule has 0 aliphatic heterocycles. The van der Waals surface area contributed by atoms with Crippen LogP contribution in [0.1, 0.15) is 65.2 Å². The number of hydrogen-bond donors (Lipinski definition) is 1. The predicted octanol–water partition coefficient (Wildman–Crippen LogP) is 3.42.